The molecule has 9 nitrogen and oxygen atoms in total. The number of nitrogens with zero attached hydrogens (tertiary/aromatic N) is 2. The number of nitrogens with one attached hydrogen (secondary N) is 1. The van der Waals surface area contributed by atoms with Gasteiger partial charge in [-0.25, -0.2) is 13.2 Å². The van der Waals surface area contributed by atoms with E-state index >= 15 is 0 Å². The van der Waals surface area contributed by atoms with Crippen LogP contribution in [-0.2, 0) is 30.9 Å². The van der Waals surface area contributed by atoms with Crippen LogP contribution in [0.3, 0.4) is 0 Å². The molecule has 0 saturated carbocycles. The number of aromatic nitrogens is 1. The molecule has 0 atom stereocenters. The van der Waals surface area contributed by atoms with Crippen LogP contribution in [0.1, 0.15) is 25.3 Å². The highest BCUT2D eigenvalue weighted by atomic mass is 32.2. The lowest BCUT2D eigenvalue weighted by Gasteiger charge is -2.15. The van der Waals surface area contributed by atoms with Gasteiger partial charge >= 0.3 is 5.97 Å². The molecule has 190 valence electrons. The van der Waals surface area contributed by atoms with Gasteiger partial charge in [0.2, 0.25) is 15.9 Å². The largest absolute Gasteiger partial charge is 0.463 e. The number of hydrogen-bond acceptors (Lipinski definition) is 8. The van der Waals surface area contributed by atoms with Crippen LogP contribution in [0.15, 0.2) is 50.8 Å². The Morgan fingerprint density at radius 1 is 1.14 bits per heavy atom. The fourth-order valence-corrected chi connectivity index (χ4v) is 6.88. The highest BCUT2D eigenvalue weighted by Gasteiger charge is 2.27. The van der Waals surface area contributed by atoms with E-state index in [1.807, 2.05) is 16.8 Å². The molecule has 1 aliphatic heterocycles. The molecule has 3 aromatic rings. The fourth-order valence-electron chi connectivity index (χ4n) is 3.72. The van der Waals surface area contributed by atoms with Crippen LogP contribution in [0, 0.1) is 0 Å². The summed E-state index contributed by atoms with van der Waals surface area (Å²) in [5, 5.41) is 6.46. The first-order valence-corrected chi connectivity index (χ1v) is 14.5. The van der Waals surface area contributed by atoms with Gasteiger partial charge in [0.05, 0.1) is 22.1 Å². The van der Waals surface area contributed by atoms with Crippen LogP contribution in [0.2, 0.25) is 0 Å². The van der Waals surface area contributed by atoms with E-state index in [1.54, 1.807) is 13.0 Å². The van der Waals surface area contributed by atoms with Crippen molar-refractivity contribution in [2.45, 2.75) is 31.2 Å². The summed E-state index contributed by atoms with van der Waals surface area (Å²) in [6, 6.07) is 7.79. The van der Waals surface area contributed by atoms with Crippen molar-refractivity contribution in [3.05, 3.63) is 66.2 Å². The number of amides is 1. The van der Waals surface area contributed by atoms with Crippen molar-refractivity contribution in [2.75, 3.05) is 25.0 Å². The molecule has 0 aliphatic carbocycles. The molecule has 3 heterocycles. The summed E-state index contributed by atoms with van der Waals surface area (Å²) >= 11 is 2.59. The summed E-state index contributed by atoms with van der Waals surface area (Å²) in [6.07, 6.45) is 4.60. The summed E-state index contributed by atoms with van der Waals surface area (Å²) in [5.41, 5.74) is 0.843. The number of hydrogen-bond donors (Lipinski definition) is 1. The Morgan fingerprint density at radius 3 is 2.50 bits per heavy atom. The summed E-state index contributed by atoms with van der Waals surface area (Å²) in [4.78, 5) is 38.0. The number of benzene rings is 1. The Kier molecular flexibility index (Phi) is 8.19. The van der Waals surface area contributed by atoms with Crippen molar-refractivity contribution >= 4 is 62.4 Å². The normalized spacial score (nSPS) is 15.4. The minimum Gasteiger partial charge on any atom is -0.463 e. The van der Waals surface area contributed by atoms with Crippen molar-refractivity contribution in [1.29, 1.82) is 0 Å². The number of sulfonamides is 1. The molecule has 1 saturated heterocycles. The molecule has 2 aromatic heterocycles. The molecule has 0 unspecified atom stereocenters. The maximum Gasteiger partial charge on any atom is 0.333 e. The summed E-state index contributed by atoms with van der Waals surface area (Å²) in [7, 11) is -3.55. The minimum atomic E-state index is -3.55. The molecule has 12 heteroatoms. The summed E-state index contributed by atoms with van der Waals surface area (Å²) in [6.45, 7) is 2.55. The van der Waals surface area contributed by atoms with Crippen molar-refractivity contribution < 1.29 is 22.7 Å². The standard InChI is InChI=1S/C24H25N3O6S3/c1-2-33-23(29)14-22-27(24(30)20(35-22)13-17-9-12-34-16-17)15-21(28)25-18-5-7-19(8-6-18)36(31,32)26-10-3-4-11-26/h5-9,12-14,16H,2-4,10-11,15H2,1H3,(H,25,28)/b20-13+,22-14-. The maximum absolute atomic E-state index is 13.0. The fraction of sp³-hybridized carbons (Fsp3) is 0.292. The Balaban J connectivity index is 1.56. The first kappa shape index (κ1) is 26.0. The first-order chi connectivity index (χ1) is 17.3. The average Bonchev–Trinajstić information content (AvgIpc) is 3.60. The van der Waals surface area contributed by atoms with E-state index in [1.165, 1.54) is 50.6 Å². The van der Waals surface area contributed by atoms with Gasteiger partial charge in [0.15, 0.2) is 0 Å². The van der Waals surface area contributed by atoms with Crippen LogP contribution >= 0.6 is 22.7 Å². The van der Waals surface area contributed by atoms with E-state index in [0.29, 0.717) is 28.0 Å². The number of thiophene rings is 1. The second-order valence-corrected chi connectivity index (χ2v) is 11.8. The van der Waals surface area contributed by atoms with Crippen molar-refractivity contribution in [3.63, 3.8) is 0 Å². The zero-order chi connectivity index (χ0) is 25.7. The van der Waals surface area contributed by atoms with Gasteiger partial charge in [-0.2, -0.15) is 15.6 Å². The molecule has 1 amide bonds. The van der Waals surface area contributed by atoms with Gasteiger partial charge in [0.25, 0.3) is 5.56 Å². The number of carbonyl (C=O) groups is 2. The van der Waals surface area contributed by atoms with Crippen LogP contribution in [-0.4, -0.2) is 48.9 Å². The summed E-state index contributed by atoms with van der Waals surface area (Å²) < 4.78 is 33.7. The molecule has 36 heavy (non-hydrogen) atoms. The van der Waals surface area contributed by atoms with Crippen molar-refractivity contribution in [3.8, 4) is 0 Å². The molecule has 1 N–H and O–H groups in total. The molecule has 1 aromatic carbocycles. The second kappa shape index (κ2) is 11.3. The minimum absolute atomic E-state index is 0.163. The van der Waals surface area contributed by atoms with Gasteiger partial charge in [-0.05, 0) is 72.5 Å². The topological polar surface area (TPSA) is 115 Å². The van der Waals surface area contributed by atoms with E-state index in [0.717, 1.165) is 29.7 Å². The lowest BCUT2D eigenvalue weighted by molar-refractivity contribution is -0.135. The predicted octanol–water partition coefficient (Wildman–Crippen LogP) is 1.57. The number of thiazole rings is 1. The first-order valence-electron chi connectivity index (χ1n) is 11.3. The van der Waals surface area contributed by atoms with Gasteiger partial charge in [-0.15, -0.1) is 11.3 Å². The monoisotopic (exact) mass is 547 g/mol. The third-order valence-corrected chi connectivity index (χ3v) is 9.12. The lowest BCUT2D eigenvalue weighted by atomic mass is 10.3. The van der Waals surface area contributed by atoms with E-state index in [-0.39, 0.29) is 18.0 Å². The third-order valence-electron chi connectivity index (χ3n) is 5.45. The number of ether oxygens (including phenoxy) is 1. The van der Waals surface area contributed by atoms with Gasteiger partial charge < -0.3 is 10.1 Å². The number of anilines is 1. The molecular weight excluding hydrogens is 522 g/mol. The Bertz CT molecular complexity index is 1510. The lowest BCUT2D eigenvalue weighted by Crippen LogP contribution is -2.36. The molecular formula is C24H25N3O6S3. The SMILES string of the molecule is CCOC(=O)/C=c1\s/c(=C/c2ccsc2)c(=O)n1CC(=O)Nc1ccc(S(=O)(=O)N2CCCC2)cc1. The molecule has 1 fully saturated rings. The zero-order valence-electron chi connectivity index (χ0n) is 19.5. The second-order valence-electron chi connectivity index (χ2n) is 7.98. The Hall–Kier alpha value is -3.06. The van der Waals surface area contributed by atoms with E-state index in [9.17, 15) is 22.8 Å². The molecule has 1 aliphatic rings. The van der Waals surface area contributed by atoms with Gasteiger partial charge in [-0.1, -0.05) is 0 Å². The van der Waals surface area contributed by atoms with E-state index in [2.05, 4.69) is 5.32 Å². The van der Waals surface area contributed by atoms with Gasteiger partial charge in [0, 0.05) is 18.8 Å². The molecule has 0 radical (unpaired) electrons. The molecule has 0 spiro atoms. The van der Waals surface area contributed by atoms with Crippen molar-refractivity contribution in [1.82, 2.24) is 8.87 Å². The van der Waals surface area contributed by atoms with Crippen LogP contribution in [0.5, 0.6) is 0 Å². The molecule has 0 bridgehead atoms. The maximum atomic E-state index is 13.0. The number of carbonyl (C=O) groups excluding carboxylic acids is 2. The number of esters is 1. The van der Waals surface area contributed by atoms with Crippen LogP contribution in [0.25, 0.3) is 12.2 Å². The van der Waals surface area contributed by atoms with Crippen molar-refractivity contribution in [2.24, 2.45) is 0 Å². The third kappa shape index (κ3) is 6.01. The van der Waals surface area contributed by atoms with E-state index < -0.39 is 27.5 Å². The summed E-state index contributed by atoms with van der Waals surface area (Å²) in [5.74, 6) is -1.10. The Labute approximate surface area is 216 Å². The van der Waals surface area contributed by atoms with E-state index in [4.69, 9.17) is 4.74 Å². The average molecular weight is 548 g/mol. The zero-order valence-corrected chi connectivity index (χ0v) is 22.0. The highest BCUT2D eigenvalue weighted by molar-refractivity contribution is 7.89. The van der Waals surface area contributed by atoms with Gasteiger partial charge in [0.1, 0.15) is 11.2 Å². The number of rotatable bonds is 8. The quantitative estimate of drug-likeness (QED) is 0.428. The van der Waals surface area contributed by atoms with Gasteiger partial charge in [-0.3, -0.25) is 14.2 Å². The predicted molar refractivity (Wildman–Crippen MR) is 140 cm³/mol. The molecule has 4 rings (SSSR count). The highest BCUT2D eigenvalue weighted by Crippen LogP contribution is 2.22. The van der Waals surface area contributed by atoms with Crippen LogP contribution < -0.4 is 20.1 Å². The van der Waals surface area contributed by atoms with Crippen LogP contribution in [0.4, 0.5) is 5.69 Å². The smallest absolute Gasteiger partial charge is 0.333 e. The Morgan fingerprint density at radius 2 is 1.86 bits per heavy atom.